The van der Waals surface area contributed by atoms with Crippen molar-refractivity contribution in [2.45, 2.75) is 0 Å². The molecule has 2 aromatic heterocycles. The SMILES string of the molecule is c1ccc(N(c2ccc(-c3cccc4c3oc3ccccc34)cc2)c2ccc(-n3c4ccccc4c4ccc5ccccc5c43)cc2)cc1. The van der Waals surface area contributed by atoms with Gasteiger partial charge in [-0.25, -0.2) is 0 Å². The summed E-state index contributed by atoms with van der Waals surface area (Å²) >= 11 is 0. The van der Waals surface area contributed by atoms with Crippen LogP contribution in [0.5, 0.6) is 0 Å². The second kappa shape index (κ2) is 11.0. The summed E-state index contributed by atoms with van der Waals surface area (Å²) in [7, 11) is 0. The molecule has 0 unspecified atom stereocenters. The highest BCUT2D eigenvalue weighted by atomic mass is 16.3. The van der Waals surface area contributed by atoms with Gasteiger partial charge in [-0.15, -0.1) is 0 Å². The largest absolute Gasteiger partial charge is 0.455 e. The summed E-state index contributed by atoms with van der Waals surface area (Å²) in [6, 6.07) is 64.9. The predicted molar refractivity (Wildman–Crippen MR) is 206 cm³/mol. The van der Waals surface area contributed by atoms with Gasteiger partial charge in [-0.05, 0) is 71.6 Å². The molecule has 0 aliphatic carbocycles. The van der Waals surface area contributed by atoms with Crippen LogP contribution in [0.1, 0.15) is 0 Å². The first-order valence-corrected chi connectivity index (χ1v) is 16.7. The van der Waals surface area contributed by atoms with Crippen LogP contribution in [0, 0.1) is 0 Å². The van der Waals surface area contributed by atoms with Gasteiger partial charge < -0.3 is 13.9 Å². The average Bonchev–Trinajstić information content (AvgIpc) is 3.72. The van der Waals surface area contributed by atoms with Crippen molar-refractivity contribution in [1.29, 1.82) is 0 Å². The number of benzene rings is 8. The fourth-order valence-corrected chi connectivity index (χ4v) is 7.54. The molecule has 0 spiro atoms. The summed E-state index contributed by atoms with van der Waals surface area (Å²) in [4.78, 5) is 2.32. The molecular weight excluding hydrogens is 597 g/mol. The minimum Gasteiger partial charge on any atom is -0.455 e. The van der Waals surface area contributed by atoms with Gasteiger partial charge in [-0.2, -0.15) is 0 Å². The van der Waals surface area contributed by atoms with E-state index in [9.17, 15) is 0 Å². The van der Waals surface area contributed by atoms with Gasteiger partial charge in [0.15, 0.2) is 0 Å². The molecule has 8 aromatic carbocycles. The molecule has 10 aromatic rings. The molecule has 0 radical (unpaired) electrons. The minimum absolute atomic E-state index is 0.911. The van der Waals surface area contributed by atoms with Crippen LogP contribution < -0.4 is 4.90 Å². The van der Waals surface area contributed by atoms with E-state index in [-0.39, 0.29) is 0 Å². The quantitative estimate of drug-likeness (QED) is 0.190. The Morgan fingerprint density at radius 2 is 1.04 bits per heavy atom. The fourth-order valence-electron chi connectivity index (χ4n) is 7.54. The fraction of sp³-hybridized carbons (Fsp3) is 0. The van der Waals surface area contributed by atoms with Crippen LogP contribution in [0.4, 0.5) is 17.1 Å². The van der Waals surface area contributed by atoms with Crippen LogP contribution >= 0.6 is 0 Å². The van der Waals surface area contributed by atoms with Gasteiger partial charge in [0.05, 0.1) is 11.0 Å². The number of rotatable bonds is 5. The van der Waals surface area contributed by atoms with Gasteiger partial charge >= 0.3 is 0 Å². The first-order chi connectivity index (χ1) is 24.3. The third kappa shape index (κ3) is 4.37. The van der Waals surface area contributed by atoms with Crippen molar-refractivity contribution in [1.82, 2.24) is 4.57 Å². The van der Waals surface area contributed by atoms with Crippen LogP contribution in [0.2, 0.25) is 0 Å². The smallest absolute Gasteiger partial charge is 0.143 e. The van der Waals surface area contributed by atoms with Crippen LogP contribution in [0.15, 0.2) is 186 Å². The number of furan rings is 1. The standard InChI is InChI=1S/C46H30N2O/c1-2-12-33(13-3-1)47(34-24-21-32(22-25-34)38-17-10-18-42-40-16-7-9-20-44(40)49-46(38)42)35-26-28-36(29-27-35)48-43-19-8-6-15-39(43)41-30-23-31-11-4-5-14-37(31)45(41)48/h1-30H. The number of nitrogens with zero attached hydrogens (tertiary/aromatic N) is 2. The predicted octanol–water partition coefficient (Wildman–Crippen LogP) is 13.0. The molecule has 10 rings (SSSR count). The molecule has 49 heavy (non-hydrogen) atoms. The van der Waals surface area contributed by atoms with E-state index in [1.807, 2.05) is 12.1 Å². The highest BCUT2D eigenvalue weighted by molar-refractivity contribution is 6.18. The van der Waals surface area contributed by atoms with Crippen LogP contribution in [-0.4, -0.2) is 4.57 Å². The summed E-state index contributed by atoms with van der Waals surface area (Å²) in [6.07, 6.45) is 0. The van der Waals surface area contributed by atoms with Gasteiger partial charge in [0, 0.05) is 55.2 Å². The molecule has 3 nitrogen and oxygen atoms in total. The van der Waals surface area contributed by atoms with Crippen LogP contribution in [0.3, 0.4) is 0 Å². The van der Waals surface area contributed by atoms with E-state index in [0.717, 1.165) is 55.8 Å². The van der Waals surface area contributed by atoms with Crippen molar-refractivity contribution >= 4 is 71.6 Å². The van der Waals surface area contributed by atoms with Crippen molar-refractivity contribution in [3.8, 4) is 16.8 Å². The molecule has 0 bridgehead atoms. The molecule has 0 saturated carbocycles. The summed E-state index contributed by atoms with van der Waals surface area (Å²) < 4.78 is 8.77. The lowest BCUT2D eigenvalue weighted by Gasteiger charge is -2.26. The molecule has 3 heteroatoms. The maximum absolute atomic E-state index is 6.36. The van der Waals surface area contributed by atoms with Crippen molar-refractivity contribution in [3.63, 3.8) is 0 Å². The van der Waals surface area contributed by atoms with E-state index in [2.05, 4.69) is 179 Å². The van der Waals surface area contributed by atoms with Crippen molar-refractivity contribution < 1.29 is 4.42 Å². The van der Waals surface area contributed by atoms with Crippen molar-refractivity contribution in [2.24, 2.45) is 0 Å². The Balaban J connectivity index is 1.08. The Morgan fingerprint density at radius 3 is 1.86 bits per heavy atom. The number of anilines is 3. The van der Waals surface area contributed by atoms with Gasteiger partial charge in [-0.3, -0.25) is 0 Å². The highest BCUT2D eigenvalue weighted by Crippen LogP contribution is 2.40. The molecule has 230 valence electrons. The molecule has 0 fully saturated rings. The van der Waals surface area contributed by atoms with Gasteiger partial charge in [-0.1, -0.05) is 121 Å². The zero-order valence-corrected chi connectivity index (χ0v) is 26.6. The molecule has 0 atom stereocenters. The van der Waals surface area contributed by atoms with E-state index in [4.69, 9.17) is 4.42 Å². The van der Waals surface area contributed by atoms with Gasteiger partial charge in [0.2, 0.25) is 0 Å². The number of aromatic nitrogens is 1. The van der Waals surface area contributed by atoms with Gasteiger partial charge in [0.25, 0.3) is 0 Å². The number of hydrogen-bond donors (Lipinski definition) is 0. The van der Waals surface area contributed by atoms with E-state index in [1.165, 1.54) is 32.6 Å². The van der Waals surface area contributed by atoms with E-state index in [0.29, 0.717) is 0 Å². The van der Waals surface area contributed by atoms with Crippen LogP contribution in [-0.2, 0) is 0 Å². The molecule has 0 saturated heterocycles. The van der Waals surface area contributed by atoms with Crippen molar-refractivity contribution in [3.05, 3.63) is 182 Å². The summed E-state index contributed by atoms with van der Waals surface area (Å²) in [6.45, 7) is 0. The van der Waals surface area contributed by atoms with Gasteiger partial charge in [0.1, 0.15) is 11.2 Å². The normalized spacial score (nSPS) is 11.7. The lowest BCUT2D eigenvalue weighted by molar-refractivity contribution is 0.670. The zero-order valence-electron chi connectivity index (χ0n) is 26.6. The molecule has 0 amide bonds. The maximum atomic E-state index is 6.36. The molecule has 0 aliphatic rings. The Hall–Kier alpha value is -6.58. The van der Waals surface area contributed by atoms with Crippen LogP contribution in [0.25, 0.3) is 71.3 Å². The highest BCUT2D eigenvalue weighted by Gasteiger charge is 2.18. The lowest BCUT2D eigenvalue weighted by Crippen LogP contribution is -2.10. The summed E-state index contributed by atoms with van der Waals surface area (Å²) in [5, 5.41) is 7.30. The van der Waals surface area contributed by atoms with E-state index < -0.39 is 0 Å². The second-order valence-electron chi connectivity index (χ2n) is 12.6. The molecule has 0 aliphatic heterocycles. The Bertz CT molecular complexity index is 2810. The third-order valence-corrected chi connectivity index (χ3v) is 9.78. The Morgan fingerprint density at radius 1 is 0.408 bits per heavy atom. The molecular formula is C46H30N2O. The maximum Gasteiger partial charge on any atom is 0.143 e. The number of para-hydroxylation sites is 4. The van der Waals surface area contributed by atoms with Crippen molar-refractivity contribution in [2.75, 3.05) is 4.90 Å². The minimum atomic E-state index is 0.911. The number of fused-ring (bicyclic) bond motifs is 8. The summed E-state index contributed by atoms with van der Waals surface area (Å²) in [5.74, 6) is 0. The lowest BCUT2D eigenvalue weighted by atomic mass is 10.0. The second-order valence-corrected chi connectivity index (χ2v) is 12.6. The Labute approximate surface area is 283 Å². The summed E-state index contributed by atoms with van der Waals surface area (Å²) in [5.41, 5.74) is 10.9. The average molecular weight is 627 g/mol. The third-order valence-electron chi connectivity index (χ3n) is 9.78. The number of hydrogen-bond acceptors (Lipinski definition) is 2. The van der Waals surface area contributed by atoms with E-state index >= 15 is 0 Å². The molecule has 0 N–H and O–H groups in total. The molecule has 2 heterocycles. The topological polar surface area (TPSA) is 21.3 Å². The Kier molecular flexibility index (Phi) is 6.18. The first-order valence-electron chi connectivity index (χ1n) is 16.7. The monoisotopic (exact) mass is 626 g/mol. The first kappa shape index (κ1) is 27.5. The zero-order chi connectivity index (χ0) is 32.3. The van der Waals surface area contributed by atoms with E-state index in [1.54, 1.807) is 0 Å².